The number of ether oxygens (including phenoxy) is 1. The van der Waals surface area contributed by atoms with E-state index in [1.807, 2.05) is 6.92 Å². The van der Waals surface area contributed by atoms with Crippen LogP contribution in [0, 0.1) is 5.92 Å². The van der Waals surface area contributed by atoms with Gasteiger partial charge in [0.15, 0.2) is 0 Å². The molecule has 0 bridgehead atoms. The topological polar surface area (TPSA) is 84.6 Å². The third kappa shape index (κ3) is 3.22. The van der Waals surface area contributed by atoms with Gasteiger partial charge in [-0.1, -0.05) is 6.42 Å². The van der Waals surface area contributed by atoms with Gasteiger partial charge in [0, 0.05) is 24.1 Å². The fourth-order valence-corrected chi connectivity index (χ4v) is 2.67. The first-order chi connectivity index (χ1) is 9.65. The second-order valence-corrected chi connectivity index (χ2v) is 5.14. The largest absolute Gasteiger partial charge is 0.492 e. The number of nitrogen functional groups attached to an aromatic ring is 1. The first-order valence-electron chi connectivity index (χ1n) is 7.09. The van der Waals surface area contributed by atoms with Crippen LogP contribution in [0.4, 0.5) is 5.69 Å². The molecule has 20 heavy (non-hydrogen) atoms. The Hall–Kier alpha value is -1.75. The first-order valence-corrected chi connectivity index (χ1v) is 7.09. The molecule has 0 aromatic heterocycles. The van der Waals surface area contributed by atoms with Gasteiger partial charge in [-0.15, -0.1) is 0 Å². The van der Waals surface area contributed by atoms with Gasteiger partial charge in [0.1, 0.15) is 5.75 Å². The highest BCUT2D eigenvalue weighted by Crippen LogP contribution is 2.26. The van der Waals surface area contributed by atoms with Crippen LogP contribution in [0.25, 0.3) is 0 Å². The molecule has 1 aliphatic rings. The summed E-state index contributed by atoms with van der Waals surface area (Å²) in [4.78, 5) is 12.2. The summed E-state index contributed by atoms with van der Waals surface area (Å²) in [5.41, 5.74) is 6.85. The maximum absolute atomic E-state index is 12.2. The lowest BCUT2D eigenvalue weighted by Gasteiger charge is -2.19. The van der Waals surface area contributed by atoms with Gasteiger partial charge < -0.3 is 20.9 Å². The summed E-state index contributed by atoms with van der Waals surface area (Å²) >= 11 is 0. The van der Waals surface area contributed by atoms with Crippen LogP contribution in [-0.2, 0) is 0 Å². The summed E-state index contributed by atoms with van der Waals surface area (Å²) in [5, 5.41) is 12.3. The lowest BCUT2D eigenvalue weighted by atomic mass is 10.0. The van der Waals surface area contributed by atoms with E-state index in [0.717, 1.165) is 19.3 Å². The first kappa shape index (κ1) is 14.7. The Morgan fingerprint density at radius 1 is 1.50 bits per heavy atom. The number of carbonyl (C=O) groups is 1. The molecule has 1 saturated carbocycles. The number of nitrogens with one attached hydrogen (secondary N) is 1. The Morgan fingerprint density at radius 2 is 2.30 bits per heavy atom. The van der Waals surface area contributed by atoms with Crippen molar-refractivity contribution in [3.8, 4) is 5.75 Å². The maximum atomic E-state index is 12.2. The van der Waals surface area contributed by atoms with Crippen LogP contribution < -0.4 is 15.8 Å². The highest BCUT2D eigenvalue weighted by atomic mass is 16.5. The van der Waals surface area contributed by atoms with Crippen LogP contribution in [0.15, 0.2) is 18.2 Å². The van der Waals surface area contributed by atoms with Crippen molar-refractivity contribution in [3.63, 3.8) is 0 Å². The average molecular weight is 278 g/mol. The van der Waals surface area contributed by atoms with Crippen LogP contribution in [-0.4, -0.2) is 30.3 Å². The average Bonchev–Trinajstić information content (AvgIpc) is 2.88. The number of anilines is 1. The van der Waals surface area contributed by atoms with E-state index >= 15 is 0 Å². The molecule has 0 radical (unpaired) electrons. The van der Waals surface area contributed by atoms with Crippen LogP contribution in [0.5, 0.6) is 5.75 Å². The fourth-order valence-electron chi connectivity index (χ4n) is 2.67. The highest BCUT2D eigenvalue weighted by Gasteiger charge is 2.28. The van der Waals surface area contributed by atoms with Gasteiger partial charge >= 0.3 is 0 Å². The van der Waals surface area contributed by atoms with Crippen LogP contribution >= 0.6 is 0 Å². The number of carbonyl (C=O) groups excluding carboxylic acids is 1. The minimum Gasteiger partial charge on any atom is -0.492 e. The van der Waals surface area contributed by atoms with E-state index < -0.39 is 0 Å². The van der Waals surface area contributed by atoms with Crippen LogP contribution in [0.2, 0.25) is 0 Å². The molecule has 2 atom stereocenters. The van der Waals surface area contributed by atoms with Crippen molar-refractivity contribution in [2.45, 2.75) is 32.2 Å². The van der Waals surface area contributed by atoms with Gasteiger partial charge in [0.25, 0.3) is 5.91 Å². The van der Waals surface area contributed by atoms with E-state index in [2.05, 4.69) is 5.32 Å². The smallest absolute Gasteiger partial charge is 0.251 e. The Kier molecular flexibility index (Phi) is 4.84. The van der Waals surface area contributed by atoms with Gasteiger partial charge in [-0.05, 0) is 38.0 Å². The molecule has 5 heteroatoms. The second-order valence-electron chi connectivity index (χ2n) is 5.14. The van der Waals surface area contributed by atoms with E-state index in [1.54, 1.807) is 18.2 Å². The monoisotopic (exact) mass is 278 g/mol. The van der Waals surface area contributed by atoms with Crippen LogP contribution in [0.3, 0.4) is 0 Å². The summed E-state index contributed by atoms with van der Waals surface area (Å²) in [6.45, 7) is 2.54. The molecule has 4 N–H and O–H groups in total. The lowest BCUT2D eigenvalue weighted by Crippen LogP contribution is -2.38. The van der Waals surface area contributed by atoms with E-state index in [-0.39, 0.29) is 24.5 Å². The van der Waals surface area contributed by atoms with Gasteiger partial charge in [-0.2, -0.15) is 0 Å². The number of hydrogen-bond donors (Lipinski definition) is 3. The van der Waals surface area contributed by atoms with E-state index in [4.69, 9.17) is 10.5 Å². The molecule has 2 rings (SSSR count). The van der Waals surface area contributed by atoms with Gasteiger partial charge in [0.05, 0.1) is 12.3 Å². The molecule has 0 aliphatic heterocycles. The molecule has 1 amide bonds. The van der Waals surface area contributed by atoms with Crippen molar-refractivity contribution in [3.05, 3.63) is 23.8 Å². The molecule has 1 aliphatic carbocycles. The lowest BCUT2D eigenvalue weighted by molar-refractivity contribution is 0.0916. The second kappa shape index (κ2) is 6.61. The minimum atomic E-state index is -0.148. The molecular formula is C15H22N2O3. The number of rotatable bonds is 5. The SMILES string of the molecule is CCOc1ccc(C(=O)NC2CCCC2CO)cc1N. The fraction of sp³-hybridized carbons (Fsp3) is 0.533. The van der Waals surface area contributed by atoms with Crippen molar-refractivity contribution >= 4 is 11.6 Å². The summed E-state index contributed by atoms with van der Waals surface area (Å²) in [7, 11) is 0. The summed E-state index contributed by atoms with van der Waals surface area (Å²) < 4.78 is 5.35. The number of benzene rings is 1. The normalized spacial score (nSPS) is 21.7. The number of amides is 1. The Morgan fingerprint density at radius 3 is 2.95 bits per heavy atom. The number of aliphatic hydroxyl groups is 1. The van der Waals surface area contributed by atoms with Crippen molar-refractivity contribution in [2.75, 3.05) is 18.9 Å². The van der Waals surface area contributed by atoms with Crippen molar-refractivity contribution in [2.24, 2.45) is 5.92 Å². The minimum absolute atomic E-state index is 0.0558. The summed E-state index contributed by atoms with van der Waals surface area (Å²) in [6, 6.07) is 5.11. The quantitative estimate of drug-likeness (QED) is 0.714. The Balaban J connectivity index is 2.04. The van der Waals surface area contributed by atoms with E-state index in [1.165, 1.54) is 0 Å². The molecule has 0 heterocycles. The molecule has 2 unspecified atom stereocenters. The molecular weight excluding hydrogens is 256 g/mol. The standard InChI is InChI=1S/C15H22N2O3/c1-2-20-14-7-6-10(8-12(14)16)15(19)17-13-5-3-4-11(13)9-18/h6-8,11,13,18H,2-5,9,16H2,1H3,(H,17,19). The predicted octanol–water partition coefficient (Wildman–Crippen LogP) is 1.56. The zero-order valence-corrected chi connectivity index (χ0v) is 11.8. The number of nitrogens with two attached hydrogens (primary N) is 1. The molecule has 1 aromatic rings. The third-order valence-corrected chi connectivity index (χ3v) is 3.78. The molecule has 5 nitrogen and oxygen atoms in total. The van der Waals surface area contributed by atoms with Crippen molar-refractivity contribution in [1.29, 1.82) is 0 Å². The Bertz CT molecular complexity index is 476. The van der Waals surface area contributed by atoms with Gasteiger partial charge in [0.2, 0.25) is 0 Å². The molecule has 1 aromatic carbocycles. The zero-order valence-electron chi connectivity index (χ0n) is 11.8. The number of aliphatic hydroxyl groups excluding tert-OH is 1. The van der Waals surface area contributed by atoms with Gasteiger partial charge in [-0.3, -0.25) is 4.79 Å². The van der Waals surface area contributed by atoms with Crippen molar-refractivity contribution in [1.82, 2.24) is 5.32 Å². The van der Waals surface area contributed by atoms with E-state index in [0.29, 0.717) is 23.6 Å². The maximum Gasteiger partial charge on any atom is 0.251 e. The van der Waals surface area contributed by atoms with Crippen molar-refractivity contribution < 1.29 is 14.6 Å². The van der Waals surface area contributed by atoms with E-state index in [9.17, 15) is 9.90 Å². The predicted molar refractivity (Wildman–Crippen MR) is 77.7 cm³/mol. The Labute approximate surface area is 119 Å². The number of hydrogen-bond acceptors (Lipinski definition) is 4. The molecule has 1 fully saturated rings. The van der Waals surface area contributed by atoms with Gasteiger partial charge in [-0.25, -0.2) is 0 Å². The summed E-state index contributed by atoms with van der Waals surface area (Å²) in [5.74, 6) is 0.613. The molecule has 0 spiro atoms. The summed E-state index contributed by atoms with van der Waals surface area (Å²) in [6.07, 6.45) is 2.93. The van der Waals surface area contributed by atoms with Crippen LogP contribution in [0.1, 0.15) is 36.5 Å². The highest BCUT2D eigenvalue weighted by molar-refractivity contribution is 5.95. The third-order valence-electron chi connectivity index (χ3n) is 3.78. The zero-order chi connectivity index (χ0) is 14.5. The molecule has 0 saturated heterocycles. The molecule has 110 valence electrons.